The number of carbonyl (C=O) groups is 3. The van der Waals surface area contributed by atoms with Crippen LogP contribution >= 0.6 is 0 Å². The van der Waals surface area contributed by atoms with Crippen LogP contribution in [-0.4, -0.2) is 47.4 Å². The number of rotatable bonds is 11. The highest BCUT2D eigenvalue weighted by Gasteiger charge is 2.39. The van der Waals surface area contributed by atoms with Crippen LogP contribution in [0.25, 0.3) is 0 Å². The molecule has 1 atom stereocenters. The normalized spacial score (nSPS) is 15.0. The Bertz CT molecular complexity index is 1400. The monoisotopic (exact) mass is 556 g/mol. The molecule has 10 heteroatoms. The summed E-state index contributed by atoms with van der Waals surface area (Å²) in [5.41, 5.74) is 2.74. The Morgan fingerprint density at radius 1 is 1.02 bits per heavy atom. The van der Waals surface area contributed by atoms with Gasteiger partial charge in [-0.1, -0.05) is 72.8 Å². The summed E-state index contributed by atoms with van der Waals surface area (Å²) in [4.78, 5) is 51.5. The summed E-state index contributed by atoms with van der Waals surface area (Å²) in [6, 6.07) is 24.0. The van der Waals surface area contributed by atoms with Gasteiger partial charge in [-0.25, -0.2) is 9.59 Å². The lowest BCUT2D eigenvalue weighted by molar-refractivity contribution is -0.384. The third kappa shape index (κ3) is 6.96. The summed E-state index contributed by atoms with van der Waals surface area (Å²) in [6.45, 7) is 3.66. The van der Waals surface area contributed by atoms with Crippen molar-refractivity contribution in [1.29, 1.82) is 0 Å². The summed E-state index contributed by atoms with van der Waals surface area (Å²) < 4.78 is 5.25. The highest BCUT2D eigenvalue weighted by Crippen LogP contribution is 2.35. The molecule has 0 fully saturated rings. The van der Waals surface area contributed by atoms with Crippen LogP contribution in [0, 0.1) is 10.1 Å². The molecule has 2 N–H and O–H groups in total. The second kappa shape index (κ2) is 13.4. The van der Waals surface area contributed by atoms with Gasteiger partial charge in [-0.2, -0.15) is 0 Å². The molecular weight excluding hydrogens is 524 g/mol. The zero-order valence-corrected chi connectivity index (χ0v) is 22.9. The lowest BCUT2D eigenvalue weighted by Crippen LogP contribution is -2.49. The number of hydrogen-bond acceptors (Lipinski definition) is 6. The Balaban J connectivity index is 1.55. The number of esters is 1. The second-order valence-electron chi connectivity index (χ2n) is 9.57. The average Bonchev–Trinajstić information content (AvgIpc) is 2.97. The van der Waals surface area contributed by atoms with Crippen molar-refractivity contribution < 1.29 is 24.0 Å². The standard InChI is InChI=1S/C31H32N4O6/c1-3-41-30(37)28-21(2)33-31(38)34(29(28)24-15-10-16-25(19-24)35(39)40)18-17-27(36)32-20-26(22-11-6-4-7-12-22)23-13-8-5-9-14-23/h4-16,19,26,29H,3,17-18,20H2,1-2H3,(H,32,36)(H,33,38). The van der Waals surface area contributed by atoms with Gasteiger partial charge in [-0.15, -0.1) is 0 Å². The van der Waals surface area contributed by atoms with E-state index < -0.39 is 23.0 Å². The minimum absolute atomic E-state index is 0.0391. The minimum Gasteiger partial charge on any atom is -0.463 e. The molecule has 41 heavy (non-hydrogen) atoms. The van der Waals surface area contributed by atoms with Gasteiger partial charge in [0.05, 0.1) is 23.1 Å². The fraction of sp³-hybridized carbons (Fsp3) is 0.258. The summed E-state index contributed by atoms with van der Waals surface area (Å²) in [5, 5.41) is 17.1. The number of nitrogens with zero attached hydrogens (tertiary/aromatic N) is 2. The van der Waals surface area contributed by atoms with Crippen LogP contribution in [0.2, 0.25) is 0 Å². The first-order valence-corrected chi connectivity index (χ1v) is 13.4. The molecule has 1 aliphatic heterocycles. The smallest absolute Gasteiger partial charge is 0.338 e. The third-order valence-electron chi connectivity index (χ3n) is 6.92. The maximum Gasteiger partial charge on any atom is 0.338 e. The molecule has 0 bridgehead atoms. The molecule has 1 aliphatic rings. The summed E-state index contributed by atoms with van der Waals surface area (Å²) in [6.07, 6.45) is -0.0513. The zero-order valence-electron chi connectivity index (χ0n) is 22.9. The predicted octanol–water partition coefficient (Wildman–Crippen LogP) is 4.84. The number of amides is 3. The number of urea groups is 1. The maximum atomic E-state index is 13.1. The van der Waals surface area contributed by atoms with Crippen LogP contribution in [0.4, 0.5) is 10.5 Å². The van der Waals surface area contributed by atoms with E-state index in [1.807, 2.05) is 60.7 Å². The lowest BCUT2D eigenvalue weighted by atomic mass is 9.91. The molecule has 3 aromatic carbocycles. The van der Waals surface area contributed by atoms with Crippen LogP contribution in [0.1, 0.15) is 48.9 Å². The molecule has 0 aliphatic carbocycles. The maximum absolute atomic E-state index is 13.1. The molecule has 0 saturated heterocycles. The average molecular weight is 557 g/mol. The molecule has 0 aromatic heterocycles. The number of nitrogens with one attached hydrogen (secondary N) is 2. The van der Waals surface area contributed by atoms with Gasteiger partial charge in [0.2, 0.25) is 5.91 Å². The van der Waals surface area contributed by atoms with E-state index in [1.54, 1.807) is 19.9 Å². The molecule has 0 saturated carbocycles. The van der Waals surface area contributed by atoms with Crippen molar-refractivity contribution in [3.63, 3.8) is 0 Å². The van der Waals surface area contributed by atoms with Gasteiger partial charge in [0.25, 0.3) is 5.69 Å². The van der Waals surface area contributed by atoms with Crippen molar-refractivity contribution in [3.05, 3.63) is 123 Å². The summed E-state index contributed by atoms with van der Waals surface area (Å²) >= 11 is 0. The molecule has 1 heterocycles. The van der Waals surface area contributed by atoms with E-state index in [0.29, 0.717) is 17.8 Å². The highest BCUT2D eigenvalue weighted by molar-refractivity contribution is 5.95. The van der Waals surface area contributed by atoms with E-state index in [4.69, 9.17) is 4.74 Å². The Labute approximate surface area is 238 Å². The van der Waals surface area contributed by atoms with Crippen LogP contribution < -0.4 is 10.6 Å². The molecule has 3 aromatic rings. The molecule has 3 amide bonds. The van der Waals surface area contributed by atoms with Gasteiger partial charge in [0, 0.05) is 43.3 Å². The number of ether oxygens (including phenoxy) is 1. The quantitative estimate of drug-likeness (QED) is 0.198. The van der Waals surface area contributed by atoms with E-state index in [1.165, 1.54) is 23.1 Å². The first-order valence-electron chi connectivity index (χ1n) is 13.4. The number of benzene rings is 3. The van der Waals surface area contributed by atoms with Crippen molar-refractivity contribution >= 4 is 23.6 Å². The topological polar surface area (TPSA) is 131 Å². The van der Waals surface area contributed by atoms with Gasteiger partial charge in [-0.3, -0.25) is 14.9 Å². The number of non-ortho nitro benzene ring substituents is 1. The number of allylic oxidation sites excluding steroid dienone is 1. The van der Waals surface area contributed by atoms with Crippen molar-refractivity contribution in [1.82, 2.24) is 15.5 Å². The van der Waals surface area contributed by atoms with Crippen molar-refractivity contribution in [3.8, 4) is 0 Å². The van der Waals surface area contributed by atoms with Crippen LogP contribution in [0.15, 0.2) is 96.2 Å². The molecule has 212 valence electrons. The Morgan fingerprint density at radius 3 is 2.24 bits per heavy atom. The first kappa shape index (κ1) is 29.0. The fourth-order valence-corrected chi connectivity index (χ4v) is 4.96. The summed E-state index contributed by atoms with van der Waals surface area (Å²) in [7, 11) is 0. The molecular formula is C31H32N4O6. The summed E-state index contributed by atoms with van der Waals surface area (Å²) in [5.74, 6) is -1.00. The largest absolute Gasteiger partial charge is 0.463 e. The van der Waals surface area contributed by atoms with E-state index in [0.717, 1.165) is 11.1 Å². The van der Waals surface area contributed by atoms with Crippen molar-refractivity contribution in [2.45, 2.75) is 32.2 Å². The Hall–Kier alpha value is -4.99. The molecule has 1 unspecified atom stereocenters. The highest BCUT2D eigenvalue weighted by atomic mass is 16.6. The lowest BCUT2D eigenvalue weighted by Gasteiger charge is -2.37. The van der Waals surface area contributed by atoms with Gasteiger partial charge < -0.3 is 20.3 Å². The number of nitro groups is 1. The number of hydrogen-bond donors (Lipinski definition) is 2. The number of carbonyl (C=O) groups excluding carboxylic acids is 3. The van der Waals surface area contributed by atoms with Gasteiger partial charge in [0.1, 0.15) is 0 Å². The molecule has 0 radical (unpaired) electrons. The molecule has 0 spiro atoms. The van der Waals surface area contributed by atoms with E-state index >= 15 is 0 Å². The van der Waals surface area contributed by atoms with Gasteiger partial charge >= 0.3 is 12.0 Å². The number of nitro benzene ring substituents is 1. The van der Waals surface area contributed by atoms with E-state index in [2.05, 4.69) is 10.6 Å². The third-order valence-corrected chi connectivity index (χ3v) is 6.92. The Kier molecular flexibility index (Phi) is 9.47. The molecule has 10 nitrogen and oxygen atoms in total. The van der Waals surface area contributed by atoms with Crippen LogP contribution in [0.5, 0.6) is 0 Å². The van der Waals surface area contributed by atoms with Crippen LogP contribution in [0.3, 0.4) is 0 Å². The second-order valence-corrected chi connectivity index (χ2v) is 9.57. The predicted molar refractivity (Wildman–Crippen MR) is 153 cm³/mol. The van der Waals surface area contributed by atoms with Gasteiger partial charge in [0.15, 0.2) is 0 Å². The fourth-order valence-electron chi connectivity index (χ4n) is 4.96. The van der Waals surface area contributed by atoms with E-state index in [-0.39, 0.29) is 42.7 Å². The Morgan fingerprint density at radius 2 is 1.66 bits per heavy atom. The first-order chi connectivity index (χ1) is 19.8. The van der Waals surface area contributed by atoms with Crippen LogP contribution in [-0.2, 0) is 14.3 Å². The molecule has 4 rings (SSSR count). The minimum atomic E-state index is -0.975. The van der Waals surface area contributed by atoms with Gasteiger partial charge in [-0.05, 0) is 30.5 Å². The van der Waals surface area contributed by atoms with Crippen molar-refractivity contribution in [2.24, 2.45) is 0 Å². The SMILES string of the molecule is CCOC(=O)C1=C(C)NC(=O)N(CCC(=O)NCC(c2ccccc2)c2ccccc2)C1c1cccc([N+](=O)[O-])c1. The van der Waals surface area contributed by atoms with E-state index in [9.17, 15) is 24.5 Å². The van der Waals surface area contributed by atoms with Crippen molar-refractivity contribution in [2.75, 3.05) is 19.7 Å². The zero-order chi connectivity index (χ0) is 29.4.